The summed E-state index contributed by atoms with van der Waals surface area (Å²) in [6.07, 6.45) is -3.28. The summed E-state index contributed by atoms with van der Waals surface area (Å²) in [6, 6.07) is 14.1. The molecule has 0 saturated carbocycles. The minimum absolute atomic E-state index is 0.0696. The fourth-order valence-electron chi connectivity index (χ4n) is 2.33. The lowest BCUT2D eigenvalue weighted by atomic mass is 10.0. The first-order valence-corrected chi connectivity index (χ1v) is 8.64. The first-order chi connectivity index (χ1) is 12.4. The second-order valence-corrected chi connectivity index (χ2v) is 6.59. The molecule has 26 heavy (non-hydrogen) atoms. The Morgan fingerprint density at radius 2 is 1.81 bits per heavy atom. The number of aromatic nitrogens is 1. The van der Waals surface area contributed by atoms with Crippen LogP contribution in [0.25, 0.3) is 22.9 Å². The first kappa shape index (κ1) is 18.2. The fourth-order valence-corrected chi connectivity index (χ4v) is 3.25. The van der Waals surface area contributed by atoms with Crippen molar-refractivity contribution in [3.05, 3.63) is 75.1 Å². The van der Waals surface area contributed by atoms with E-state index in [2.05, 4.69) is 4.98 Å². The Hall–Kier alpha value is -2.62. The lowest BCUT2D eigenvalue weighted by molar-refractivity contribution is -0.137. The number of thiazole rings is 1. The molecule has 0 unspecified atom stereocenters. The molecule has 0 atom stereocenters. The van der Waals surface area contributed by atoms with Crippen LogP contribution in [-0.4, -0.2) is 4.98 Å². The van der Waals surface area contributed by atoms with Gasteiger partial charge >= 0.3 is 6.18 Å². The van der Waals surface area contributed by atoms with Gasteiger partial charge in [0.1, 0.15) is 11.1 Å². The molecule has 3 aromatic rings. The zero-order chi connectivity index (χ0) is 18.7. The minimum atomic E-state index is -4.50. The third-order valence-corrected chi connectivity index (χ3v) is 4.69. The van der Waals surface area contributed by atoms with Gasteiger partial charge in [0.2, 0.25) is 0 Å². The van der Waals surface area contributed by atoms with Gasteiger partial charge in [-0.05, 0) is 29.8 Å². The van der Waals surface area contributed by atoms with E-state index in [1.54, 1.807) is 29.6 Å². The summed E-state index contributed by atoms with van der Waals surface area (Å²) in [6.45, 7) is 0. The van der Waals surface area contributed by atoms with Gasteiger partial charge in [-0.1, -0.05) is 41.9 Å². The first-order valence-electron chi connectivity index (χ1n) is 7.38. The van der Waals surface area contributed by atoms with E-state index in [0.29, 0.717) is 15.7 Å². The van der Waals surface area contributed by atoms with E-state index >= 15 is 0 Å². The lowest BCUT2D eigenvalue weighted by Gasteiger charge is -2.09. The average Bonchev–Trinajstić information content (AvgIpc) is 3.09. The quantitative estimate of drug-likeness (QED) is 0.475. The van der Waals surface area contributed by atoms with Crippen molar-refractivity contribution in [3.63, 3.8) is 0 Å². The standard InChI is InChI=1S/C19H10ClF3N2S/c20-15-7-5-12(6-8-15)17-11-26-18(25-17)14(10-24)9-13-3-1-2-4-16(13)19(21,22)23/h1-9,11H. The van der Waals surface area contributed by atoms with Crippen molar-refractivity contribution in [3.8, 4) is 17.3 Å². The molecule has 3 rings (SSSR count). The van der Waals surface area contributed by atoms with E-state index in [0.717, 1.165) is 11.6 Å². The van der Waals surface area contributed by atoms with E-state index in [-0.39, 0.29) is 11.1 Å². The summed E-state index contributed by atoms with van der Waals surface area (Å²) >= 11 is 7.05. The SMILES string of the molecule is N#CC(=Cc1ccccc1C(F)(F)F)c1nc(-c2ccc(Cl)cc2)cs1. The average molecular weight is 391 g/mol. The van der Waals surface area contributed by atoms with Gasteiger partial charge in [0.25, 0.3) is 0 Å². The van der Waals surface area contributed by atoms with Crippen molar-refractivity contribution in [1.82, 2.24) is 4.98 Å². The highest BCUT2D eigenvalue weighted by molar-refractivity contribution is 7.11. The van der Waals surface area contributed by atoms with E-state index in [1.165, 1.54) is 35.6 Å². The molecule has 2 aromatic carbocycles. The maximum atomic E-state index is 13.1. The molecule has 0 aliphatic heterocycles. The van der Waals surface area contributed by atoms with Crippen LogP contribution in [0.5, 0.6) is 0 Å². The van der Waals surface area contributed by atoms with Gasteiger partial charge in [-0.25, -0.2) is 4.98 Å². The number of hydrogen-bond acceptors (Lipinski definition) is 3. The summed E-state index contributed by atoms with van der Waals surface area (Å²) in [5, 5.41) is 12.1. The lowest BCUT2D eigenvalue weighted by Crippen LogP contribution is -2.07. The molecule has 0 spiro atoms. The van der Waals surface area contributed by atoms with Crippen molar-refractivity contribution in [2.45, 2.75) is 6.18 Å². The predicted octanol–water partition coefficient (Wildman–Crippen LogP) is 6.55. The molecule has 0 fully saturated rings. The zero-order valence-electron chi connectivity index (χ0n) is 13.1. The topological polar surface area (TPSA) is 36.7 Å². The molecule has 130 valence electrons. The Morgan fingerprint density at radius 3 is 2.46 bits per heavy atom. The van der Waals surface area contributed by atoms with Crippen LogP contribution in [0.3, 0.4) is 0 Å². The number of hydrogen-bond donors (Lipinski definition) is 0. The maximum absolute atomic E-state index is 13.1. The van der Waals surface area contributed by atoms with Gasteiger partial charge in [-0.15, -0.1) is 11.3 Å². The van der Waals surface area contributed by atoms with Crippen LogP contribution in [0.2, 0.25) is 5.02 Å². The highest BCUT2D eigenvalue weighted by Crippen LogP contribution is 2.34. The van der Waals surface area contributed by atoms with Gasteiger partial charge in [0.15, 0.2) is 0 Å². The molecular formula is C19H10ClF3N2S. The van der Waals surface area contributed by atoms with Crippen LogP contribution in [0.1, 0.15) is 16.1 Å². The molecule has 1 heterocycles. The summed E-state index contributed by atoms with van der Waals surface area (Å²) in [4.78, 5) is 4.37. The number of alkyl halides is 3. The summed E-state index contributed by atoms with van der Waals surface area (Å²) < 4.78 is 39.4. The van der Waals surface area contributed by atoms with Gasteiger partial charge < -0.3 is 0 Å². The van der Waals surface area contributed by atoms with E-state index in [9.17, 15) is 18.4 Å². The van der Waals surface area contributed by atoms with Crippen molar-refractivity contribution >= 4 is 34.6 Å². The number of nitriles is 1. The Bertz CT molecular complexity index is 999. The predicted molar refractivity (Wildman–Crippen MR) is 97.5 cm³/mol. The maximum Gasteiger partial charge on any atom is 0.416 e. The highest BCUT2D eigenvalue weighted by Gasteiger charge is 2.32. The molecule has 0 radical (unpaired) electrons. The number of rotatable bonds is 3. The molecule has 0 aliphatic carbocycles. The Labute approximate surface area is 156 Å². The number of allylic oxidation sites excluding steroid dienone is 1. The smallest absolute Gasteiger partial charge is 0.235 e. The Kier molecular flexibility index (Phi) is 5.12. The number of halogens is 4. The largest absolute Gasteiger partial charge is 0.416 e. The van der Waals surface area contributed by atoms with E-state index in [4.69, 9.17) is 11.6 Å². The summed E-state index contributed by atoms with van der Waals surface area (Å²) in [7, 11) is 0. The Balaban J connectivity index is 2.00. The monoisotopic (exact) mass is 390 g/mol. The van der Waals surface area contributed by atoms with Crippen LogP contribution in [0.4, 0.5) is 13.2 Å². The molecule has 0 N–H and O–H groups in total. The van der Waals surface area contributed by atoms with Crippen molar-refractivity contribution < 1.29 is 13.2 Å². The molecule has 0 aliphatic rings. The molecule has 0 amide bonds. The normalized spacial score (nSPS) is 12.0. The molecule has 0 saturated heterocycles. The number of benzene rings is 2. The van der Waals surface area contributed by atoms with E-state index < -0.39 is 11.7 Å². The third kappa shape index (κ3) is 3.96. The van der Waals surface area contributed by atoms with Gasteiger partial charge in [-0.3, -0.25) is 0 Å². The fraction of sp³-hybridized carbons (Fsp3) is 0.0526. The molecule has 1 aromatic heterocycles. The van der Waals surface area contributed by atoms with Crippen LogP contribution in [-0.2, 0) is 6.18 Å². The van der Waals surface area contributed by atoms with Gasteiger partial charge in [0.05, 0.1) is 16.8 Å². The van der Waals surface area contributed by atoms with Crippen LogP contribution < -0.4 is 0 Å². The van der Waals surface area contributed by atoms with Crippen molar-refractivity contribution in [2.75, 3.05) is 0 Å². The van der Waals surface area contributed by atoms with E-state index in [1.807, 2.05) is 6.07 Å². The zero-order valence-corrected chi connectivity index (χ0v) is 14.7. The second-order valence-electron chi connectivity index (χ2n) is 5.30. The third-order valence-electron chi connectivity index (χ3n) is 3.56. The molecule has 7 heteroatoms. The molecule has 2 nitrogen and oxygen atoms in total. The summed E-state index contributed by atoms with van der Waals surface area (Å²) in [5.41, 5.74) is 0.658. The van der Waals surface area contributed by atoms with Gasteiger partial charge in [-0.2, -0.15) is 18.4 Å². The minimum Gasteiger partial charge on any atom is -0.235 e. The van der Waals surface area contributed by atoms with Gasteiger partial charge in [0, 0.05) is 16.0 Å². The summed E-state index contributed by atoms with van der Waals surface area (Å²) in [5.74, 6) is 0. The second kappa shape index (κ2) is 7.32. The van der Waals surface area contributed by atoms with Crippen LogP contribution in [0, 0.1) is 11.3 Å². The number of nitrogens with zero attached hydrogens (tertiary/aromatic N) is 2. The highest BCUT2D eigenvalue weighted by atomic mass is 35.5. The van der Waals surface area contributed by atoms with Crippen LogP contribution >= 0.6 is 22.9 Å². The van der Waals surface area contributed by atoms with Crippen molar-refractivity contribution in [2.24, 2.45) is 0 Å². The molecular weight excluding hydrogens is 381 g/mol. The molecule has 0 bridgehead atoms. The Morgan fingerprint density at radius 1 is 1.12 bits per heavy atom. The van der Waals surface area contributed by atoms with Crippen LogP contribution in [0.15, 0.2) is 53.9 Å². The van der Waals surface area contributed by atoms with Crippen molar-refractivity contribution in [1.29, 1.82) is 5.26 Å².